The Morgan fingerprint density at radius 1 is 1.12 bits per heavy atom. The second-order valence-electron chi connectivity index (χ2n) is 5.38. The lowest BCUT2D eigenvalue weighted by molar-refractivity contribution is -0.122. The van der Waals surface area contributed by atoms with Crippen molar-refractivity contribution in [2.75, 3.05) is 5.32 Å². The number of carbonyl (C=O) groups is 1. The molecule has 1 amide bonds. The second-order valence-corrected chi connectivity index (χ2v) is 5.38. The van der Waals surface area contributed by atoms with Gasteiger partial charge in [-0.2, -0.15) is 0 Å². The summed E-state index contributed by atoms with van der Waals surface area (Å²) in [6, 6.07) is 14.7. The maximum absolute atomic E-state index is 12.2. The summed E-state index contributed by atoms with van der Waals surface area (Å²) >= 11 is 0. The van der Waals surface area contributed by atoms with Gasteiger partial charge in [-0.3, -0.25) is 4.79 Å². The third-order valence-corrected chi connectivity index (χ3v) is 3.46. The molecule has 0 saturated heterocycles. The highest BCUT2D eigenvalue weighted by Gasteiger charge is 2.15. The predicted octanol–water partition coefficient (Wildman–Crippen LogP) is 3.45. The average molecular weight is 323 g/mol. The van der Waals surface area contributed by atoms with Gasteiger partial charge in [0.1, 0.15) is 5.75 Å². The molecule has 1 aromatic heterocycles. The molecular formula is C18H17N3O3. The minimum atomic E-state index is -0.624. The van der Waals surface area contributed by atoms with Crippen LogP contribution in [0.1, 0.15) is 12.5 Å². The molecular weight excluding hydrogens is 306 g/mol. The number of amides is 1. The molecule has 0 aliphatic carbocycles. The number of nitrogens with zero attached hydrogens (tertiary/aromatic N) is 2. The van der Waals surface area contributed by atoms with Crippen LogP contribution in [-0.2, 0) is 4.79 Å². The zero-order valence-corrected chi connectivity index (χ0v) is 13.4. The van der Waals surface area contributed by atoms with Gasteiger partial charge in [0.2, 0.25) is 12.3 Å². The lowest BCUT2D eigenvalue weighted by Gasteiger charge is -2.15. The highest BCUT2D eigenvalue weighted by molar-refractivity contribution is 5.94. The summed E-state index contributed by atoms with van der Waals surface area (Å²) in [5.41, 5.74) is 2.67. The fourth-order valence-electron chi connectivity index (χ4n) is 2.11. The van der Waals surface area contributed by atoms with E-state index in [9.17, 15) is 4.79 Å². The minimum absolute atomic E-state index is 0.208. The molecule has 0 unspecified atom stereocenters. The van der Waals surface area contributed by atoms with Crippen molar-refractivity contribution in [2.24, 2.45) is 0 Å². The van der Waals surface area contributed by atoms with Crippen molar-refractivity contribution in [1.29, 1.82) is 0 Å². The van der Waals surface area contributed by atoms with Gasteiger partial charge in [0, 0.05) is 11.3 Å². The normalized spacial score (nSPS) is 11.8. The first-order valence-corrected chi connectivity index (χ1v) is 7.52. The van der Waals surface area contributed by atoms with Crippen LogP contribution in [0, 0.1) is 6.92 Å². The van der Waals surface area contributed by atoms with Gasteiger partial charge in [0.25, 0.3) is 5.91 Å². The molecule has 0 aliphatic heterocycles. The molecule has 1 N–H and O–H groups in total. The van der Waals surface area contributed by atoms with Crippen molar-refractivity contribution in [3.8, 4) is 17.2 Å². The van der Waals surface area contributed by atoms with Gasteiger partial charge < -0.3 is 14.5 Å². The van der Waals surface area contributed by atoms with Gasteiger partial charge in [0.15, 0.2) is 6.10 Å². The number of hydrogen-bond acceptors (Lipinski definition) is 5. The lowest BCUT2D eigenvalue weighted by atomic mass is 10.2. The highest BCUT2D eigenvalue weighted by atomic mass is 16.5. The number of aryl methyl sites for hydroxylation is 1. The van der Waals surface area contributed by atoms with Crippen molar-refractivity contribution >= 4 is 11.6 Å². The smallest absolute Gasteiger partial charge is 0.265 e. The molecule has 0 radical (unpaired) electrons. The van der Waals surface area contributed by atoms with Crippen molar-refractivity contribution < 1.29 is 13.9 Å². The number of hydrogen-bond donors (Lipinski definition) is 1. The van der Waals surface area contributed by atoms with Crippen LogP contribution in [0.3, 0.4) is 0 Å². The molecule has 1 atom stereocenters. The van der Waals surface area contributed by atoms with Crippen LogP contribution in [0.4, 0.5) is 5.69 Å². The number of carbonyl (C=O) groups excluding carboxylic acids is 1. The Morgan fingerprint density at radius 3 is 2.46 bits per heavy atom. The van der Waals surface area contributed by atoms with Crippen molar-refractivity contribution in [3.63, 3.8) is 0 Å². The minimum Gasteiger partial charge on any atom is -0.481 e. The molecule has 0 fully saturated rings. The van der Waals surface area contributed by atoms with E-state index in [2.05, 4.69) is 15.5 Å². The second kappa shape index (κ2) is 6.95. The van der Waals surface area contributed by atoms with E-state index >= 15 is 0 Å². The number of nitrogens with one attached hydrogen (secondary N) is 1. The predicted molar refractivity (Wildman–Crippen MR) is 89.6 cm³/mol. The van der Waals surface area contributed by atoms with Gasteiger partial charge in [0.05, 0.1) is 0 Å². The van der Waals surface area contributed by atoms with Gasteiger partial charge in [-0.05, 0) is 50.2 Å². The lowest BCUT2D eigenvalue weighted by Crippen LogP contribution is -2.30. The Labute approximate surface area is 139 Å². The number of rotatable bonds is 5. The van der Waals surface area contributed by atoms with Crippen LogP contribution >= 0.6 is 0 Å². The van der Waals surface area contributed by atoms with E-state index in [-0.39, 0.29) is 5.91 Å². The molecule has 3 aromatic rings. The third-order valence-electron chi connectivity index (χ3n) is 3.46. The van der Waals surface area contributed by atoms with E-state index in [0.717, 1.165) is 16.8 Å². The zero-order chi connectivity index (χ0) is 16.9. The Morgan fingerprint density at radius 2 is 1.83 bits per heavy atom. The van der Waals surface area contributed by atoms with E-state index in [1.54, 1.807) is 31.2 Å². The topological polar surface area (TPSA) is 77.2 Å². The molecule has 0 saturated carbocycles. The molecule has 0 spiro atoms. The van der Waals surface area contributed by atoms with Gasteiger partial charge in [-0.15, -0.1) is 10.2 Å². The van der Waals surface area contributed by atoms with E-state index in [1.807, 2.05) is 31.2 Å². The Bertz CT molecular complexity index is 797. The quantitative estimate of drug-likeness (QED) is 0.778. The molecule has 6 heteroatoms. The summed E-state index contributed by atoms with van der Waals surface area (Å²) in [5, 5.41) is 10.3. The van der Waals surface area contributed by atoms with Crippen molar-refractivity contribution in [2.45, 2.75) is 20.0 Å². The van der Waals surface area contributed by atoms with Gasteiger partial charge in [-0.1, -0.05) is 17.7 Å². The van der Waals surface area contributed by atoms with Gasteiger partial charge in [-0.25, -0.2) is 0 Å². The van der Waals surface area contributed by atoms with E-state index in [4.69, 9.17) is 9.15 Å². The summed E-state index contributed by atoms with van der Waals surface area (Å²) < 4.78 is 10.8. The molecule has 3 rings (SSSR count). The van der Waals surface area contributed by atoms with E-state index < -0.39 is 6.10 Å². The zero-order valence-electron chi connectivity index (χ0n) is 13.4. The first-order chi connectivity index (χ1) is 11.6. The molecule has 1 heterocycles. The summed E-state index contributed by atoms with van der Waals surface area (Å²) in [6.07, 6.45) is 0.651. The number of ether oxygens (including phenoxy) is 1. The first kappa shape index (κ1) is 15.7. The van der Waals surface area contributed by atoms with Crippen LogP contribution < -0.4 is 10.1 Å². The monoisotopic (exact) mass is 323 g/mol. The Balaban J connectivity index is 1.60. The summed E-state index contributed by atoms with van der Waals surface area (Å²) in [5.74, 6) is 0.816. The van der Waals surface area contributed by atoms with Crippen LogP contribution in [0.2, 0.25) is 0 Å². The maximum Gasteiger partial charge on any atom is 0.265 e. The SMILES string of the molecule is Cc1ccc(NC(=O)[C@H](C)Oc2ccc(-c3nnco3)cc2)cc1. The summed E-state index contributed by atoms with van der Waals surface area (Å²) in [7, 11) is 0. The van der Waals surface area contributed by atoms with Crippen molar-refractivity contribution in [3.05, 3.63) is 60.5 Å². The van der Waals surface area contributed by atoms with Crippen molar-refractivity contribution in [1.82, 2.24) is 10.2 Å². The van der Waals surface area contributed by atoms with Crippen LogP contribution in [-0.4, -0.2) is 22.2 Å². The van der Waals surface area contributed by atoms with E-state index in [1.165, 1.54) is 6.39 Å². The van der Waals surface area contributed by atoms with Gasteiger partial charge >= 0.3 is 0 Å². The maximum atomic E-state index is 12.2. The van der Waals surface area contributed by atoms with Crippen LogP contribution in [0.5, 0.6) is 5.75 Å². The Kier molecular flexibility index (Phi) is 4.56. The standard InChI is InChI=1S/C18H17N3O3/c1-12-3-7-15(8-4-12)20-17(22)13(2)24-16-9-5-14(6-10-16)18-21-19-11-23-18/h3-11,13H,1-2H3,(H,20,22)/t13-/m0/s1. The fraction of sp³-hybridized carbons (Fsp3) is 0.167. The molecule has 2 aromatic carbocycles. The highest BCUT2D eigenvalue weighted by Crippen LogP contribution is 2.21. The molecule has 0 aliphatic rings. The number of benzene rings is 2. The summed E-state index contributed by atoms with van der Waals surface area (Å²) in [6.45, 7) is 3.70. The molecule has 122 valence electrons. The number of anilines is 1. The molecule has 6 nitrogen and oxygen atoms in total. The van der Waals surface area contributed by atoms with E-state index in [0.29, 0.717) is 11.6 Å². The molecule has 0 bridgehead atoms. The third kappa shape index (κ3) is 3.78. The Hall–Kier alpha value is -3.15. The van der Waals surface area contributed by atoms with Crippen LogP contribution in [0.15, 0.2) is 59.3 Å². The average Bonchev–Trinajstić information content (AvgIpc) is 3.12. The molecule has 24 heavy (non-hydrogen) atoms. The largest absolute Gasteiger partial charge is 0.481 e. The number of aromatic nitrogens is 2. The van der Waals surface area contributed by atoms with Crippen LogP contribution in [0.25, 0.3) is 11.5 Å². The first-order valence-electron chi connectivity index (χ1n) is 7.52. The summed E-state index contributed by atoms with van der Waals surface area (Å²) in [4.78, 5) is 12.2. The fourth-order valence-corrected chi connectivity index (χ4v) is 2.11.